The standard InChI is InChI=1S/C19H20O7/c1-11(9-20)14-8-15(19(24)10-25-18(23)17(14)19)26-16(22)7-4-12-2-5-13(21)6-3-12/h2-7,9,14-15,17-18,21,23-24H,1,8,10H2/t14-,15+,17-,18+,19+/m1/s1. The average molecular weight is 360 g/mol. The molecule has 2 fully saturated rings. The number of carbonyl (C=O) groups excluding carboxylic acids is 2. The van der Waals surface area contributed by atoms with Crippen molar-refractivity contribution < 1.29 is 34.4 Å². The van der Waals surface area contributed by atoms with Crippen LogP contribution in [0.1, 0.15) is 12.0 Å². The number of esters is 1. The first-order valence-corrected chi connectivity index (χ1v) is 8.19. The number of aliphatic hydroxyl groups is 2. The molecule has 0 aromatic heterocycles. The Bertz CT molecular complexity index is 739. The number of hydrogen-bond donors (Lipinski definition) is 3. The maximum absolute atomic E-state index is 12.1. The molecule has 1 aromatic carbocycles. The lowest BCUT2D eigenvalue weighted by molar-refractivity contribution is -0.157. The Morgan fingerprint density at radius 1 is 1.35 bits per heavy atom. The fourth-order valence-corrected chi connectivity index (χ4v) is 3.65. The Morgan fingerprint density at radius 2 is 2.04 bits per heavy atom. The highest BCUT2D eigenvalue weighted by Crippen LogP contribution is 2.50. The molecule has 1 aromatic rings. The number of rotatable bonds is 5. The summed E-state index contributed by atoms with van der Waals surface area (Å²) in [6.45, 7) is 3.46. The highest BCUT2D eigenvalue weighted by Gasteiger charge is 2.63. The fraction of sp³-hybridized carbons (Fsp3) is 0.368. The molecular formula is C19H20O7. The number of fused-ring (bicyclic) bond motifs is 1. The highest BCUT2D eigenvalue weighted by atomic mass is 16.6. The largest absolute Gasteiger partial charge is 0.508 e. The van der Waals surface area contributed by atoms with Crippen molar-refractivity contribution in [3.63, 3.8) is 0 Å². The van der Waals surface area contributed by atoms with Gasteiger partial charge in [-0.3, -0.25) is 4.79 Å². The van der Waals surface area contributed by atoms with Gasteiger partial charge < -0.3 is 24.8 Å². The molecule has 26 heavy (non-hydrogen) atoms. The van der Waals surface area contributed by atoms with Crippen molar-refractivity contribution in [2.45, 2.75) is 24.4 Å². The summed E-state index contributed by atoms with van der Waals surface area (Å²) >= 11 is 0. The van der Waals surface area contributed by atoms with Crippen LogP contribution in [0, 0.1) is 11.8 Å². The summed E-state index contributed by atoms with van der Waals surface area (Å²) in [7, 11) is 0. The number of phenolic OH excluding ortho intramolecular Hbond substituents is 1. The van der Waals surface area contributed by atoms with Crippen molar-refractivity contribution >= 4 is 18.3 Å². The van der Waals surface area contributed by atoms with E-state index >= 15 is 0 Å². The van der Waals surface area contributed by atoms with Gasteiger partial charge in [0.2, 0.25) is 0 Å². The van der Waals surface area contributed by atoms with Gasteiger partial charge in [-0.05, 0) is 35.8 Å². The second-order valence-corrected chi connectivity index (χ2v) is 6.60. The molecule has 0 spiro atoms. The third-order valence-corrected chi connectivity index (χ3v) is 5.02. The van der Waals surface area contributed by atoms with Crippen LogP contribution in [0.4, 0.5) is 0 Å². The Labute approximate surface area is 150 Å². The van der Waals surface area contributed by atoms with E-state index in [4.69, 9.17) is 9.47 Å². The number of aliphatic hydroxyl groups excluding tert-OH is 1. The van der Waals surface area contributed by atoms with E-state index < -0.39 is 35.8 Å². The number of ether oxygens (including phenoxy) is 2. The van der Waals surface area contributed by atoms with Gasteiger partial charge in [0.15, 0.2) is 6.29 Å². The van der Waals surface area contributed by atoms with Gasteiger partial charge in [0.05, 0.1) is 12.5 Å². The molecule has 0 amide bonds. The van der Waals surface area contributed by atoms with Gasteiger partial charge in [0.1, 0.15) is 23.7 Å². The third kappa shape index (κ3) is 3.29. The first-order valence-electron chi connectivity index (χ1n) is 8.19. The molecule has 2 aliphatic rings. The van der Waals surface area contributed by atoms with Crippen LogP contribution < -0.4 is 0 Å². The van der Waals surface area contributed by atoms with Crippen molar-refractivity contribution in [1.82, 2.24) is 0 Å². The second-order valence-electron chi connectivity index (χ2n) is 6.60. The third-order valence-electron chi connectivity index (χ3n) is 5.02. The molecule has 3 N–H and O–H groups in total. The lowest BCUT2D eigenvalue weighted by atomic mass is 9.84. The number of aromatic hydroxyl groups is 1. The van der Waals surface area contributed by atoms with E-state index in [1.54, 1.807) is 12.1 Å². The number of carbonyl (C=O) groups is 2. The lowest BCUT2D eigenvalue weighted by Gasteiger charge is -2.28. The smallest absolute Gasteiger partial charge is 0.331 e. The van der Waals surface area contributed by atoms with Crippen LogP contribution in [0.5, 0.6) is 5.75 Å². The molecule has 3 rings (SSSR count). The van der Waals surface area contributed by atoms with E-state index in [1.807, 2.05) is 0 Å². The van der Waals surface area contributed by atoms with Crippen molar-refractivity contribution in [3.8, 4) is 5.75 Å². The summed E-state index contributed by atoms with van der Waals surface area (Å²) in [5.74, 6) is -1.87. The first kappa shape index (κ1) is 18.3. The maximum Gasteiger partial charge on any atom is 0.331 e. The predicted molar refractivity (Wildman–Crippen MR) is 90.7 cm³/mol. The number of phenols is 1. The van der Waals surface area contributed by atoms with Crippen LogP contribution in [0.3, 0.4) is 0 Å². The normalized spacial score (nSPS) is 33.2. The number of hydrogen-bond acceptors (Lipinski definition) is 7. The zero-order valence-electron chi connectivity index (χ0n) is 13.9. The first-order chi connectivity index (χ1) is 12.3. The van der Waals surface area contributed by atoms with Gasteiger partial charge in [-0.15, -0.1) is 0 Å². The van der Waals surface area contributed by atoms with Gasteiger partial charge >= 0.3 is 5.97 Å². The molecular weight excluding hydrogens is 340 g/mol. The molecule has 5 atom stereocenters. The van der Waals surface area contributed by atoms with Crippen LogP contribution in [-0.4, -0.2) is 52.2 Å². The summed E-state index contributed by atoms with van der Waals surface area (Å²) < 4.78 is 10.5. The summed E-state index contributed by atoms with van der Waals surface area (Å²) in [6, 6.07) is 6.23. The lowest BCUT2D eigenvalue weighted by Crippen LogP contribution is -2.46. The Kier molecular flexibility index (Phi) is 4.95. The molecule has 1 aliphatic carbocycles. The van der Waals surface area contributed by atoms with Gasteiger partial charge in [0, 0.05) is 12.0 Å². The maximum atomic E-state index is 12.1. The van der Waals surface area contributed by atoms with Crippen LogP contribution in [0.2, 0.25) is 0 Å². The van der Waals surface area contributed by atoms with Gasteiger partial charge in [-0.1, -0.05) is 18.7 Å². The van der Waals surface area contributed by atoms with Gasteiger partial charge in [-0.2, -0.15) is 0 Å². The van der Waals surface area contributed by atoms with Crippen molar-refractivity contribution in [3.05, 3.63) is 48.1 Å². The zero-order chi connectivity index (χ0) is 18.9. The Balaban J connectivity index is 1.72. The quantitative estimate of drug-likeness (QED) is 0.404. The minimum absolute atomic E-state index is 0.116. The molecule has 1 heterocycles. The molecule has 1 saturated heterocycles. The highest BCUT2D eigenvalue weighted by molar-refractivity contribution is 5.87. The minimum Gasteiger partial charge on any atom is -0.508 e. The van der Waals surface area contributed by atoms with E-state index in [2.05, 4.69) is 6.58 Å². The summed E-state index contributed by atoms with van der Waals surface area (Å²) in [5, 5.41) is 30.1. The van der Waals surface area contributed by atoms with Gasteiger partial charge in [0.25, 0.3) is 0 Å². The molecule has 138 valence electrons. The second kappa shape index (κ2) is 7.03. The monoisotopic (exact) mass is 360 g/mol. The molecule has 0 unspecified atom stereocenters. The SMILES string of the molecule is C=C(C=O)[C@H]1C[C@H](OC(=O)C=Cc2ccc(O)cc2)[C@@]2(O)CO[C@H](O)[C@@H]12. The average Bonchev–Trinajstić information content (AvgIpc) is 3.08. The van der Waals surface area contributed by atoms with Crippen LogP contribution >= 0.6 is 0 Å². The molecule has 7 heteroatoms. The predicted octanol–water partition coefficient (Wildman–Crippen LogP) is 0.788. The fourth-order valence-electron chi connectivity index (χ4n) is 3.65. The molecule has 1 aliphatic heterocycles. The molecule has 1 saturated carbocycles. The van der Waals surface area contributed by atoms with Crippen LogP contribution in [0.25, 0.3) is 6.08 Å². The Morgan fingerprint density at radius 3 is 2.69 bits per heavy atom. The number of aldehydes is 1. The Hall–Kier alpha value is -2.48. The number of benzene rings is 1. The zero-order valence-corrected chi connectivity index (χ0v) is 13.9. The van der Waals surface area contributed by atoms with E-state index in [9.17, 15) is 24.9 Å². The van der Waals surface area contributed by atoms with Crippen molar-refractivity contribution in [2.24, 2.45) is 11.8 Å². The van der Waals surface area contributed by atoms with E-state index in [1.165, 1.54) is 24.3 Å². The molecule has 0 bridgehead atoms. The van der Waals surface area contributed by atoms with E-state index in [0.29, 0.717) is 11.8 Å². The topological polar surface area (TPSA) is 113 Å². The summed E-state index contributed by atoms with van der Waals surface area (Å²) in [5.41, 5.74) is -0.663. The summed E-state index contributed by atoms with van der Waals surface area (Å²) in [4.78, 5) is 23.2. The molecule has 0 radical (unpaired) electrons. The van der Waals surface area contributed by atoms with Gasteiger partial charge in [-0.25, -0.2) is 4.79 Å². The van der Waals surface area contributed by atoms with Crippen LogP contribution in [-0.2, 0) is 19.1 Å². The van der Waals surface area contributed by atoms with Crippen LogP contribution in [0.15, 0.2) is 42.5 Å². The van der Waals surface area contributed by atoms with E-state index in [0.717, 1.165) is 0 Å². The van der Waals surface area contributed by atoms with E-state index in [-0.39, 0.29) is 24.4 Å². The number of allylic oxidation sites excluding steroid dienone is 1. The summed E-state index contributed by atoms with van der Waals surface area (Å²) in [6.07, 6.45) is 1.29. The minimum atomic E-state index is -1.57. The van der Waals surface area contributed by atoms with Crippen molar-refractivity contribution in [1.29, 1.82) is 0 Å². The molecule has 7 nitrogen and oxygen atoms in total. The van der Waals surface area contributed by atoms with Crippen molar-refractivity contribution in [2.75, 3.05) is 6.61 Å².